The van der Waals surface area contributed by atoms with Crippen LogP contribution in [0.5, 0.6) is 5.75 Å². The molecule has 12 heteroatoms. The Bertz CT molecular complexity index is 1330. The zero-order valence-electron chi connectivity index (χ0n) is 19.4. The topological polar surface area (TPSA) is 108 Å². The van der Waals surface area contributed by atoms with Gasteiger partial charge in [-0.1, -0.05) is 5.16 Å². The lowest BCUT2D eigenvalue weighted by atomic mass is 10.1. The van der Waals surface area contributed by atoms with Gasteiger partial charge in [-0.3, -0.25) is 4.68 Å². The van der Waals surface area contributed by atoms with Crippen molar-refractivity contribution in [2.24, 2.45) is 5.73 Å². The number of piperidine rings is 1. The number of benzene rings is 1. The van der Waals surface area contributed by atoms with Crippen molar-refractivity contribution in [3.05, 3.63) is 59.9 Å². The van der Waals surface area contributed by atoms with Gasteiger partial charge < -0.3 is 19.9 Å². The molecule has 1 aliphatic rings. The van der Waals surface area contributed by atoms with E-state index in [0.29, 0.717) is 17.8 Å². The molecule has 0 amide bonds. The summed E-state index contributed by atoms with van der Waals surface area (Å²) in [6.45, 7) is 4.25. The Morgan fingerprint density at radius 1 is 1.11 bits per heavy atom. The Hall–Kier alpha value is -3.93. The first-order valence-corrected chi connectivity index (χ1v) is 11.4. The highest BCUT2D eigenvalue weighted by Crippen LogP contribution is 2.27. The fraction of sp³-hybridized carbons (Fsp3) is 0.333. The number of nitrogens with two attached hydrogens (primary N) is 1. The maximum Gasteiger partial charge on any atom is 0.573 e. The van der Waals surface area contributed by atoms with Crippen molar-refractivity contribution in [3.8, 4) is 28.7 Å². The standard InChI is InChI=1S/C24H24F3N7O2/c1-15-12-20(23-30-22(32-36-23)17-2-4-19(5-3-17)35-24(25,26)27)31-34(15)14-16-6-9-29-21(13-16)33-10-7-18(28)8-11-33/h2-6,9,12-13,18H,7-8,10-11,14,28H2,1H3. The number of ether oxygens (including phenoxy) is 1. The molecule has 1 fully saturated rings. The predicted octanol–water partition coefficient (Wildman–Crippen LogP) is 4.18. The van der Waals surface area contributed by atoms with Crippen molar-refractivity contribution in [2.45, 2.75) is 38.7 Å². The summed E-state index contributed by atoms with van der Waals surface area (Å²) in [7, 11) is 0. The van der Waals surface area contributed by atoms with Gasteiger partial charge in [0.25, 0.3) is 5.89 Å². The first kappa shape index (κ1) is 23.8. The minimum atomic E-state index is -4.75. The second-order valence-corrected chi connectivity index (χ2v) is 8.67. The number of aromatic nitrogens is 5. The van der Waals surface area contributed by atoms with E-state index < -0.39 is 6.36 Å². The van der Waals surface area contributed by atoms with Crippen LogP contribution in [0, 0.1) is 6.92 Å². The Morgan fingerprint density at radius 3 is 2.58 bits per heavy atom. The Kier molecular flexibility index (Phi) is 6.35. The van der Waals surface area contributed by atoms with Crippen molar-refractivity contribution in [2.75, 3.05) is 18.0 Å². The minimum absolute atomic E-state index is 0.211. The van der Waals surface area contributed by atoms with E-state index in [9.17, 15) is 13.2 Å². The third-order valence-corrected chi connectivity index (χ3v) is 5.98. The number of pyridine rings is 1. The number of nitrogens with zero attached hydrogens (tertiary/aromatic N) is 6. The van der Waals surface area contributed by atoms with E-state index >= 15 is 0 Å². The monoisotopic (exact) mass is 499 g/mol. The number of alkyl halides is 3. The van der Waals surface area contributed by atoms with E-state index in [1.54, 1.807) is 6.20 Å². The maximum absolute atomic E-state index is 12.4. The van der Waals surface area contributed by atoms with Gasteiger partial charge in [0.1, 0.15) is 11.6 Å². The number of hydrogen-bond acceptors (Lipinski definition) is 8. The maximum atomic E-state index is 12.4. The molecule has 9 nitrogen and oxygen atoms in total. The van der Waals surface area contributed by atoms with Gasteiger partial charge in [0.2, 0.25) is 5.82 Å². The van der Waals surface area contributed by atoms with E-state index in [0.717, 1.165) is 43.0 Å². The number of halogens is 3. The largest absolute Gasteiger partial charge is 0.573 e. The number of anilines is 1. The van der Waals surface area contributed by atoms with Crippen molar-refractivity contribution in [3.63, 3.8) is 0 Å². The second-order valence-electron chi connectivity index (χ2n) is 8.67. The summed E-state index contributed by atoms with van der Waals surface area (Å²) in [5, 5.41) is 8.55. The predicted molar refractivity (Wildman–Crippen MR) is 125 cm³/mol. The highest BCUT2D eigenvalue weighted by Gasteiger charge is 2.31. The smallest absolute Gasteiger partial charge is 0.406 e. The molecule has 3 aromatic heterocycles. The average molecular weight is 499 g/mol. The van der Waals surface area contributed by atoms with Gasteiger partial charge >= 0.3 is 6.36 Å². The molecule has 1 saturated heterocycles. The van der Waals surface area contributed by atoms with Crippen LogP contribution in [0.2, 0.25) is 0 Å². The summed E-state index contributed by atoms with van der Waals surface area (Å²) in [5.74, 6) is 1.04. The van der Waals surface area contributed by atoms with E-state index in [2.05, 4.69) is 35.9 Å². The van der Waals surface area contributed by atoms with Crippen LogP contribution >= 0.6 is 0 Å². The molecule has 0 radical (unpaired) electrons. The molecule has 0 atom stereocenters. The Balaban J connectivity index is 1.29. The van der Waals surface area contributed by atoms with Crippen LogP contribution in [-0.4, -0.2) is 50.4 Å². The number of aryl methyl sites for hydroxylation is 1. The van der Waals surface area contributed by atoms with Crippen molar-refractivity contribution >= 4 is 5.82 Å². The summed E-state index contributed by atoms with van der Waals surface area (Å²) in [6.07, 6.45) is -1.05. The van der Waals surface area contributed by atoms with Crippen LogP contribution in [-0.2, 0) is 6.54 Å². The fourth-order valence-electron chi connectivity index (χ4n) is 4.06. The molecular formula is C24H24F3N7O2. The van der Waals surface area contributed by atoms with Gasteiger partial charge in [-0.2, -0.15) is 10.1 Å². The fourth-order valence-corrected chi connectivity index (χ4v) is 4.06. The summed E-state index contributed by atoms with van der Waals surface area (Å²) in [5.41, 5.74) is 8.96. The lowest BCUT2D eigenvalue weighted by molar-refractivity contribution is -0.274. The van der Waals surface area contributed by atoms with Gasteiger partial charge in [-0.05, 0) is 67.8 Å². The lowest BCUT2D eigenvalue weighted by Gasteiger charge is -2.31. The van der Waals surface area contributed by atoms with E-state index in [1.807, 2.05) is 23.7 Å². The van der Waals surface area contributed by atoms with E-state index in [1.165, 1.54) is 24.3 Å². The van der Waals surface area contributed by atoms with Crippen LogP contribution < -0.4 is 15.4 Å². The van der Waals surface area contributed by atoms with Crippen LogP contribution in [0.4, 0.5) is 19.0 Å². The van der Waals surface area contributed by atoms with E-state index in [4.69, 9.17) is 10.3 Å². The third-order valence-electron chi connectivity index (χ3n) is 5.98. The molecule has 2 N–H and O–H groups in total. The first-order valence-electron chi connectivity index (χ1n) is 11.4. The Labute approximate surface area is 204 Å². The van der Waals surface area contributed by atoms with Crippen molar-refractivity contribution in [1.29, 1.82) is 0 Å². The third kappa shape index (κ3) is 5.48. The quantitative estimate of drug-likeness (QED) is 0.421. The van der Waals surface area contributed by atoms with Crippen LogP contribution in [0.3, 0.4) is 0 Å². The summed E-state index contributed by atoms with van der Waals surface area (Å²) in [6, 6.07) is 11.4. The van der Waals surface area contributed by atoms with Gasteiger partial charge in [-0.15, -0.1) is 13.2 Å². The molecule has 4 aromatic rings. The highest BCUT2D eigenvalue weighted by atomic mass is 19.4. The number of rotatable bonds is 6. The molecule has 5 rings (SSSR count). The van der Waals surface area contributed by atoms with Crippen LogP contribution in [0.1, 0.15) is 24.1 Å². The summed E-state index contributed by atoms with van der Waals surface area (Å²) < 4.78 is 48.2. The van der Waals surface area contributed by atoms with E-state index in [-0.39, 0.29) is 23.5 Å². The zero-order valence-corrected chi connectivity index (χ0v) is 19.4. The molecule has 0 bridgehead atoms. The van der Waals surface area contributed by atoms with Gasteiger partial charge in [0, 0.05) is 36.6 Å². The van der Waals surface area contributed by atoms with Gasteiger partial charge in [0.15, 0.2) is 5.69 Å². The molecule has 0 aliphatic carbocycles. The average Bonchev–Trinajstić information content (AvgIpc) is 3.47. The second kappa shape index (κ2) is 9.61. The van der Waals surface area contributed by atoms with Crippen LogP contribution in [0.25, 0.3) is 23.0 Å². The zero-order chi connectivity index (χ0) is 25.3. The van der Waals surface area contributed by atoms with Crippen molar-refractivity contribution < 1.29 is 22.4 Å². The molecule has 0 saturated carbocycles. The summed E-state index contributed by atoms with van der Waals surface area (Å²) in [4.78, 5) is 11.1. The van der Waals surface area contributed by atoms with Crippen molar-refractivity contribution in [1.82, 2.24) is 24.9 Å². The molecule has 1 aromatic carbocycles. The normalized spacial score (nSPS) is 14.9. The van der Waals surface area contributed by atoms with Gasteiger partial charge in [-0.25, -0.2) is 4.98 Å². The molecule has 4 heterocycles. The SMILES string of the molecule is Cc1cc(-c2nc(-c3ccc(OC(F)(F)F)cc3)no2)nn1Cc1ccnc(N2CCC(N)CC2)c1. The highest BCUT2D eigenvalue weighted by molar-refractivity contribution is 5.59. The molecule has 1 aliphatic heterocycles. The lowest BCUT2D eigenvalue weighted by Crippen LogP contribution is -2.40. The Morgan fingerprint density at radius 2 is 1.86 bits per heavy atom. The molecule has 0 spiro atoms. The van der Waals surface area contributed by atoms with Crippen LogP contribution in [0.15, 0.2) is 53.2 Å². The van der Waals surface area contributed by atoms with Gasteiger partial charge in [0.05, 0.1) is 6.54 Å². The molecule has 0 unspecified atom stereocenters. The first-order chi connectivity index (χ1) is 17.2. The molecular weight excluding hydrogens is 475 g/mol. The minimum Gasteiger partial charge on any atom is -0.406 e. The summed E-state index contributed by atoms with van der Waals surface area (Å²) >= 11 is 0. The number of hydrogen-bond donors (Lipinski definition) is 1. The molecule has 36 heavy (non-hydrogen) atoms. The molecule has 188 valence electrons.